The highest BCUT2D eigenvalue weighted by molar-refractivity contribution is 6.31. The first-order chi connectivity index (χ1) is 13.5. The predicted octanol–water partition coefficient (Wildman–Crippen LogP) is 5.08. The summed E-state index contributed by atoms with van der Waals surface area (Å²) in [5, 5.41) is 3.46. The Hall–Kier alpha value is -2.53. The number of alkyl carbamates (subject to hydrolysis) is 1. The van der Waals surface area contributed by atoms with Crippen LogP contribution in [-0.2, 0) is 16.9 Å². The standard InChI is InChI=1S/C22H23ClN2O3/c1-14(2)18-12-17-19(20(23)24-18)27-11-10-22(17,16-8-9-16)25-21(26)28-13-15-6-4-3-5-7-15/h3-7,12,16H,1,8-11,13H2,2H3,(H,25,26). The molecule has 2 heterocycles. The van der Waals surface area contributed by atoms with Gasteiger partial charge in [-0.1, -0.05) is 48.5 Å². The maximum Gasteiger partial charge on any atom is 0.408 e. The van der Waals surface area contributed by atoms with Crippen LogP contribution in [0, 0.1) is 5.92 Å². The van der Waals surface area contributed by atoms with E-state index in [9.17, 15) is 4.79 Å². The third kappa shape index (κ3) is 3.59. The van der Waals surface area contributed by atoms with Crippen molar-refractivity contribution in [2.75, 3.05) is 6.61 Å². The fraction of sp³-hybridized carbons (Fsp3) is 0.364. The Kier molecular flexibility index (Phi) is 5.02. The number of amides is 1. The minimum absolute atomic E-state index is 0.227. The average Bonchev–Trinajstić information content (AvgIpc) is 3.53. The molecule has 6 heteroatoms. The van der Waals surface area contributed by atoms with Crippen LogP contribution in [0.2, 0.25) is 5.15 Å². The molecule has 1 amide bonds. The van der Waals surface area contributed by atoms with Crippen LogP contribution in [0.1, 0.15) is 43.0 Å². The lowest BCUT2D eigenvalue weighted by atomic mass is 9.80. The number of halogens is 1. The molecular formula is C22H23ClN2O3. The first-order valence-corrected chi connectivity index (χ1v) is 9.86. The number of nitrogens with one attached hydrogen (secondary N) is 1. The predicted molar refractivity (Wildman–Crippen MR) is 108 cm³/mol. The van der Waals surface area contributed by atoms with Gasteiger partial charge in [0.1, 0.15) is 6.61 Å². The summed E-state index contributed by atoms with van der Waals surface area (Å²) in [4.78, 5) is 17.1. The molecule has 0 radical (unpaired) electrons. The largest absolute Gasteiger partial charge is 0.490 e. The molecule has 1 aliphatic carbocycles. The summed E-state index contributed by atoms with van der Waals surface area (Å²) in [5.74, 6) is 0.879. The highest BCUT2D eigenvalue weighted by Gasteiger charge is 2.51. The van der Waals surface area contributed by atoms with E-state index in [2.05, 4.69) is 16.9 Å². The van der Waals surface area contributed by atoms with Crippen molar-refractivity contribution < 1.29 is 14.3 Å². The summed E-state index contributed by atoms with van der Waals surface area (Å²) >= 11 is 6.40. The summed E-state index contributed by atoms with van der Waals surface area (Å²) in [5.41, 5.74) is 2.78. The van der Waals surface area contributed by atoms with Crippen molar-refractivity contribution in [2.24, 2.45) is 5.92 Å². The van der Waals surface area contributed by atoms with E-state index in [4.69, 9.17) is 21.1 Å². The topological polar surface area (TPSA) is 60.5 Å². The van der Waals surface area contributed by atoms with Gasteiger partial charge in [-0.3, -0.25) is 0 Å². The van der Waals surface area contributed by atoms with E-state index in [-0.39, 0.29) is 6.61 Å². The molecule has 1 aromatic heterocycles. The van der Waals surface area contributed by atoms with E-state index in [0.717, 1.165) is 29.5 Å². The minimum atomic E-state index is -0.557. The quantitative estimate of drug-likeness (QED) is 0.713. The van der Waals surface area contributed by atoms with Gasteiger partial charge in [0.15, 0.2) is 10.9 Å². The second kappa shape index (κ2) is 7.47. The van der Waals surface area contributed by atoms with Crippen molar-refractivity contribution in [1.29, 1.82) is 0 Å². The van der Waals surface area contributed by atoms with E-state index in [0.29, 0.717) is 35.5 Å². The Morgan fingerprint density at radius 2 is 2.14 bits per heavy atom. The molecule has 1 fully saturated rings. The van der Waals surface area contributed by atoms with Gasteiger partial charge in [-0.25, -0.2) is 9.78 Å². The van der Waals surface area contributed by atoms with Crippen LogP contribution in [-0.4, -0.2) is 17.7 Å². The Morgan fingerprint density at radius 3 is 2.82 bits per heavy atom. The van der Waals surface area contributed by atoms with Gasteiger partial charge >= 0.3 is 6.09 Å². The first-order valence-electron chi connectivity index (χ1n) is 9.48. The van der Waals surface area contributed by atoms with E-state index in [1.807, 2.05) is 43.3 Å². The minimum Gasteiger partial charge on any atom is -0.490 e. The van der Waals surface area contributed by atoms with Crippen LogP contribution >= 0.6 is 11.6 Å². The molecule has 28 heavy (non-hydrogen) atoms. The molecule has 0 spiro atoms. The molecule has 1 saturated carbocycles. The van der Waals surface area contributed by atoms with Crippen LogP contribution in [0.5, 0.6) is 5.75 Å². The molecule has 1 aromatic carbocycles. The smallest absolute Gasteiger partial charge is 0.408 e. The molecule has 1 N–H and O–H groups in total. The molecule has 0 saturated heterocycles. The van der Waals surface area contributed by atoms with Crippen molar-refractivity contribution in [1.82, 2.24) is 10.3 Å². The fourth-order valence-electron chi connectivity index (χ4n) is 3.81. The van der Waals surface area contributed by atoms with E-state index in [1.54, 1.807) is 0 Å². The summed E-state index contributed by atoms with van der Waals surface area (Å²) in [6.45, 7) is 6.55. The van der Waals surface area contributed by atoms with Crippen molar-refractivity contribution in [3.8, 4) is 5.75 Å². The molecule has 2 aromatic rings. The molecule has 1 atom stereocenters. The summed E-state index contributed by atoms with van der Waals surface area (Å²) in [6.07, 6.45) is 2.32. The van der Waals surface area contributed by atoms with Gasteiger partial charge in [-0.2, -0.15) is 0 Å². The van der Waals surface area contributed by atoms with Crippen LogP contribution in [0.15, 0.2) is 43.0 Å². The lowest BCUT2D eigenvalue weighted by Crippen LogP contribution is -2.51. The number of benzene rings is 1. The SMILES string of the molecule is C=C(C)c1cc2c(c(Cl)n1)OCCC2(NC(=O)OCc1ccccc1)C1CC1. The van der Waals surface area contributed by atoms with Crippen molar-refractivity contribution in [3.63, 3.8) is 0 Å². The zero-order valence-corrected chi connectivity index (χ0v) is 16.6. The maximum atomic E-state index is 12.7. The van der Waals surface area contributed by atoms with Crippen LogP contribution in [0.25, 0.3) is 5.57 Å². The summed E-state index contributed by atoms with van der Waals surface area (Å²) in [6, 6.07) is 11.6. The van der Waals surface area contributed by atoms with E-state index < -0.39 is 11.6 Å². The van der Waals surface area contributed by atoms with Gasteiger partial charge in [0.05, 0.1) is 17.8 Å². The number of ether oxygens (including phenoxy) is 2. The Labute approximate surface area is 169 Å². The molecule has 146 valence electrons. The molecular weight excluding hydrogens is 376 g/mol. The Morgan fingerprint density at radius 1 is 1.39 bits per heavy atom. The summed E-state index contributed by atoms with van der Waals surface area (Å²) < 4.78 is 11.3. The van der Waals surface area contributed by atoms with Gasteiger partial charge in [0.25, 0.3) is 0 Å². The van der Waals surface area contributed by atoms with Crippen LogP contribution in [0.3, 0.4) is 0 Å². The number of carbonyl (C=O) groups is 1. The first kappa shape index (κ1) is 18.8. The van der Waals surface area contributed by atoms with E-state index >= 15 is 0 Å². The van der Waals surface area contributed by atoms with Crippen molar-refractivity contribution >= 4 is 23.3 Å². The number of nitrogens with zero attached hydrogens (tertiary/aromatic N) is 1. The fourth-order valence-corrected chi connectivity index (χ4v) is 4.06. The average molecular weight is 399 g/mol. The molecule has 1 unspecified atom stereocenters. The third-order valence-electron chi connectivity index (χ3n) is 5.40. The zero-order valence-electron chi connectivity index (χ0n) is 15.8. The number of fused-ring (bicyclic) bond motifs is 1. The van der Waals surface area contributed by atoms with Crippen LogP contribution < -0.4 is 10.1 Å². The normalized spacial score (nSPS) is 20.6. The highest BCUT2D eigenvalue weighted by atomic mass is 35.5. The monoisotopic (exact) mass is 398 g/mol. The maximum absolute atomic E-state index is 12.7. The second-order valence-electron chi connectivity index (χ2n) is 7.49. The number of hydrogen-bond acceptors (Lipinski definition) is 4. The Bertz CT molecular complexity index is 911. The van der Waals surface area contributed by atoms with Crippen molar-refractivity contribution in [2.45, 2.75) is 38.3 Å². The number of aromatic nitrogens is 1. The molecule has 2 aliphatic rings. The lowest BCUT2D eigenvalue weighted by Gasteiger charge is -2.40. The van der Waals surface area contributed by atoms with Gasteiger partial charge in [-0.05, 0) is 42.9 Å². The number of allylic oxidation sites excluding steroid dienone is 1. The van der Waals surface area contributed by atoms with E-state index in [1.165, 1.54) is 0 Å². The molecule has 4 rings (SSSR count). The van der Waals surface area contributed by atoms with Crippen LogP contribution in [0.4, 0.5) is 4.79 Å². The molecule has 0 bridgehead atoms. The van der Waals surface area contributed by atoms with Gasteiger partial charge in [-0.15, -0.1) is 0 Å². The third-order valence-corrected chi connectivity index (χ3v) is 5.66. The Balaban J connectivity index is 1.62. The number of rotatable bonds is 5. The number of carbonyl (C=O) groups excluding carboxylic acids is 1. The van der Waals surface area contributed by atoms with Crippen molar-refractivity contribution in [3.05, 3.63) is 65.0 Å². The summed E-state index contributed by atoms with van der Waals surface area (Å²) in [7, 11) is 0. The van der Waals surface area contributed by atoms with Gasteiger partial charge in [0.2, 0.25) is 0 Å². The number of pyridine rings is 1. The second-order valence-corrected chi connectivity index (χ2v) is 7.84. The highest BCUT2D eigenvalue weighted by Crippen LogP contribution is 2.53. The molecule has 5 nitrogen and oxygen atoms in total. The zero-order chi connectivity index (χ0) is 19.7. The molecule has 1 aliphatic heterocycles. The van der Waals surface area contributed by atoms with Gasteiger partial charge < -0.3 is 14.8 Å². The lowest BCUT2D eigenvalue weighted by molar-refractivity contribution is 0.106. The number of hydrogen-bond donors (Lipinski definition) is 1. The van der Waals surface area contributed by atoms with Gasteiger partial charge in [0, 0.05) is 12.0 Å².